The number of carbonyl (C=O) groups excluding carboxylic acids is 2. The summed E-state index contributed by atoms with van der Waals surface area (Å²) in [7, 11) is -3.86. The Morgan fingerprint density at radius 1 is 0.972 bits per heavy atom. The summed E-state index contributed by atoms with van der Waals surface area (Å²) in [4.78, 5) is 24.5. The molecule has 1 heterocycles. The standard InChI is InChI=1S/C28H29N3O4S/c1-2-27(32)30-25-18-20-31(26-13-7-6-12-24(25)26)36(34,35)23-16-14-22(15-17-23)28(33)29-19-8-11-21-9-4-3-5-10-21/h2-7,9-10,12-17,25H,1,8,11,18-20H2,(H,29,33)(H,30,32). The number of aryl methyl sites for hydroxylation is 1. The van der Waals surface area contributed by atoms with E-state index >= 15 is 0 Å². The van der Waals surface area contributed by atoms with Crippen molar-refractivity contribution in [3.8, 4) is 0 Å². The third kappa shape index (κ3) is 5.66. The lowest BCUT2D eigenvalue weighted by atomic mass is 9.98. The van der Waals surface area contributed by atoms with Gasteiger partial charge in [-0.1, -0.05) is 55.1 Å². The monoisotopic (exact) mass is 503 g/mol. The number of hydrogen-bond acceptors (Lipinski definition) is 4. The average molecular weight is 504 g/mol. The van der Waals surface area contributed by atoms with Gasteiger partial charge in [-0.15, -0.1) is 0 Å². The zero-order valence-corrected chi connectivity index (χ0v) is 20.7. The van der Waals surface area contributed by atoms with E-state index in [-0.39, 0.29) is 29.3 Å². The molecule has 0 spiro atoms. The Bertz CT molecular complexity index is 1340. The van der Waals surface area contributed by atoms with Crippen molar-refractivity contribution in [2.45, 2.75) is 30.2 Å². The molecule has 36 heavy (non-hydrogen) atoms. The van der Waals surface area contributed by atoms with Crippen LogP contribution in [0.3, 0.4) is 0 Å². The van der Waals surface area contributed by atoms with Crippen LogP contribution in [0.4, 0.5) is 5.69 Å². The van der Waals surface area contributed by atoms with Crippen LogP contribution in [0.25, 0.3) is 0 Å². The van der Waals surface area contributed by atoms with E-state index in [1.807, 2.05) is 30.3 Å². The van der Waals surface area contributed by atoms with E-state index in [2.05, 4.69) is 29.3 Å². The van der Waals surface area contributed by atoms with Crippen molar-refractivity contribution in [1.82, 2.24) is 10.6 Å². The van der Waals surface area contributed by atoms with Crippen molar-refractivity contribution in [2.24, 2.45) is 0 Å². The van der Waals surface area contributed by atoms with Crippen molar-refractivity contribution in [2.75, 3.05) is 17.4 Å². The van der Waals surface area contributed by atoms with E-state index < -0.39 is 10.0 Å². The number of nitrogens with one attached hydrogen (secondary N) is 2. The van der Waals surface area contributed by atoms with Crippen LogP contribution in [0.1, 0.15) is 40.4 Å². The molecule has 0 radical (unpaired) electrons. The first-order chi connectivity index (χ1) is 17.4. The quantitative estimate of drug-likeness (QED) is 0.341. The van der Waals surface area contributed by atoms with Gasteiger partial charge < -0.3 is 10.6 Å². The molecule has 0 bridgehead atoms. The summed E-state index contributed by atoms with van der Waals surface area (Å²) < 4.78 is 28.3. The third-order valence-corrected chi connectivity index (χ3v) is 8.01. The smallest absolute Gasteiger partial charge is 0.264 e. The minimum atomic E-state index is -3.86. The fraction of sp³-hybridized carbons (Fsp3) is 0.214. The second-order valence-electron chi connectivity index (χ2n) is 8.56. The second-order valence-corrected chi connectivity index (χ2v) is 10.4. The number of hydrogen-bond donors (Lipinski definition) is 2. The molecule has 8 heteroatoms. The highest BCUT2D eigenvalue weighted by Gasteiger charge is 2.33. The van der Waals surface area contributed by atoms with Crippen molar-refractivity contribution in [1.29, 1.82) is 0 Å². The van der Waals surface area contributed by atoms with Crippen LogP contribution in [-0.2, 0) is 21.2 Å². The van der Waals surface area contributed by atoms with Gasteiger partial charge in [-0.05, 0) is 66.8 Å². The number of fused-ring (bicyclic) bond motifs is 1. The number of carbonyl (C=O) groups is 2. The number of anilines is 1. The third-order valence-electron chi connectivity index (χ3n) is 6.18. The van der Waals surface area contributed by atoms with Crippen molar-refractivity contribution >= 4 is 27.5 Å². The molecule has 0 aromatic heterocycles. The van der Waals surface area contributed by atoms with Gasteiger partial charge in [0.05, 0.1) is 16.6 Å². The molecule has 0 saturated carbocycles. The fourth-order valence-electron chi connectivity index (χ4n) is 4.31. The first kappa shape index (κ1) is 25.2. The average Bonchev–Trinajstić information content (AvgIpc) is 2.91. The molecule has 2 amide bonds. The molecule has 2 N–H and O–H groups in total. The maximum Gasteiger partial charge on any atom is 0.264 e. The van der Waals surface area contributed by atoms with E-state index in [9.17, 15) is 18.0 Å². The Labute approximate surface area is 211 Å². The highest BCUT2D eigenvalue weighted by molar-refractivity contribution is 7.92. The number of sulfonamides is 1. The summed E-state index contributed by atoms with van der Waals surface area (Å²) in [6, 6.07) is 22.9. The van der Waals surface area contributed by atoms with Crippen LogP contribution in [0.15, 0.2) is 96.4 Å². The highest BCUT2D eigenvalue weighted by Crippen LogP contribution is 2.37. The maximum absolute atomic E-state index is 13.5. The summed E-state index contributed by atoms with van der Waals surface area (Å²) in [6.45, 7) is 4.22. The van der Waals surface area contributed by atoms with E-state index in [1.54, 1.807) is 12.1 Å². The van der Waals surface area contributed by atoms with Crippen LogP contribution in [-0.4, -0.2) is 33.3 Å². The van der Waals surface area contributed by atoms with Crippen LogP contribution in [0, 0.1) is 0 Å². The summed E-state index contributed by atoms with van der Waals surface area (Å²) in [6.07, 6.45) is 3.31. The Kier molecular flexibility index (Phi) is 7.85. The molecule has 3 aromatic carbocycles. The van der Waals surface area contributed by atoms with Crippen LogP contribution in [0.5, 0.6) is 0 Å². The molecule has 3 aromatic rings. The highest BCUT2D eigenvalue weighted by atomic mass is 32.2. The summed E-state index contributed by atoms with van der Waals surface area (Å²) in [5.74, 6) is -0.545. The number of para-hydroxylation sites is 1. The zero-order chi connectivity index (χ0) is 25.5. The molecule has 1 atom stereocenters. The summed E-state index contributed by atoms with van der Waals surface area (Å²) in [5.41, 5.74) is 2.88. The first-order valence-corrected chi connectivity index (χ1v) is 13.3. The fourth-order valence-corrected chi connectivity index (χ4v) is 5.81. The van der Waals surface area contributed by atoms with Gasteiger partial charge in [0, 0.05) is 18.7 Å². The second kappa shape index (κ2) is 11.2. The molecule has 1 unspecified atom stereocenters. The Morgan fingerprint density at radius 2 is 1.67 bits per heavy atom. The van der Waals surface area contributed by atoms with Gasteiger partial charge >= 0.3 is 0 Å². The Morgan fingerprint density at radius 3 is 2.39 bits per heavy atom. The minimum absolute atomic E-state index is 0.103. The van der Waals surface area contributed by atoms with Gasteiger partial charge in [0.15, 0.2) is 0 Å². The lowest BCUT2D eigenvalue weighted by Gasteiger charge is -2.35. The van der Waals surface area contributed by atoms with Gasteiger partial charge in [-0.25, -0.2) is 8.42 Å². The molecule has 4 rings (SSSR count). The zero-order valence-electron chi connectivity index (χ0n) is 19.9. The molecule has 0 aliphatic carbocycles. The predicted molar refractivity (Wildman–Crippen MR) is 140 cm³/mol. The Hall–Kier alpha value is -3.91. The maximum atomic E-state index is 13.5. The lowest BCUT2D eigenvalue weighted by molar-refractivity contribution is -0.117. The summed E-state index contributed by atoms with van der Waals surface area (Å²) in [5, 5.41) is 5.75. The van der Waals surface area contributed by atoms with Gasteiger partial charge in [-0.2, -0.15) is 0 Å². The van der Waals surface area contributed by atoms with E-state index in [0.29, 0.717) is 24.2 Å². The minimum Gasteiger partial charge on any atom is -0.352 e. The number of benzene rings is 3. The van der Waals surface area contributed by atoms with E-state index in [1.165, 1.54) is 40.2 Å². The topological polar surface area (TPSA) is 95.6 Å². The molecule has 0 saturated heterocycles. The largest absolute Gasteiger partial charge is 0.352 e. The Balaban J connectivity index is 1.43. The van der Waals surface area contributed by atoms with E-state index in [4.69, 9.17) is 0 Å². The molecular formula is C28H29N3O4S. The van der Waals surface area contributed by atoms with Gasteiger partial charge in [0.1, 0.15) is 0 Å². The van der Waals surface area contributed by atoms with Crippen molar-refractivity contribution in [3.05, 3.63) is 108 Å². The van der Waals surface area contributed by atoms with E-state index in [0.717, 1.165) is 18.4 Å². The molecular weight excluding hydrogens is 474 g/mol. The van der Waals surface area contributed by atoms with Crippen LogP contribution >= 0.6 is 0 Å². The van der Waals surface area contributed by atoms with Gasteiger partial charge in [0.2, 0.25) is 5.91 Å². The molecule has 1 aliphatic rings. The predicted octanol–water partition coefficient (Wildman–Crippen LogP) is 3.99. The SMILES string of the molecule is C=CC(=O)NC1CCN(S(=O)(=O)c2ccc(C(=O)NCCCc3ccccc3)cc2)c2ccccc21. The number of nitrogens with zero attached hydrogens (tertiary/aromatic N) is 1. The molecule has 186 valence electrons. The lowest BCUT2D eigenvalue weighted by Crippen LogP contribution is -2.40. The molecule has 7 nitrogen and oxygen atoms in total. The normalized spacial score (nSPS) is 15.0. The van der Waals surface area contributed by atoms with Crippen molar-refractivity contribution in [3.63, 3.8) is 0 Å². The molecule has 0 fully saturated rings. The van der Waals surface area contributed by atoms with Crippen LogP contribution < -0.4 is 14.9 Å². The number of rotatable bonds is 9. The number of amides is 2. The first-order valence-electron chi connectivity index (χ1n) is 11.9. The molecule has 1 aliphatic heterocycles. The van der Waals surface area contributed by atoms with Crippen LogP contribution in [0.2, 0.25) is 0 Å². The van der Waals surface area contributed by atoms with Crippen molar-refractivity contribution < 1.29 is 18.0 Å². The van der Waals surface area contributed by atoms with Gasteiger partial charge in [0.25, 0.3) is 15.9 Å². The summed E-state index contributed by atoms with van der Waals surface area (Å²) >= 11 is 0. The van der Waals surface area contributed by atoms with Gasteiger partial charge in [-0.3, -0.25) is 13.9 Å².